The number of methoxy groups -OCH3 is 1. The maximum atomic E-state index is 12.4. The molecule has 0 radical (unpaired) electrons. The van der Waals surface area contributed by atoms with Crippen LogP contribution in [0.5, 0.6) is 0 Å². The standard InChI is InChI=1S/C23H37NO3/c1-4-5-6-7-8-9-10-11-12-16-19-23(2,22(26)27-3)24-21(25)20-17-14-13-15-18-20/h13-15,17-18H,4-12,16,19H2,1-3H3,(H,24,25). The van der Waals surface area contributed by atoms with Crippen molar-refractivity contribution in [3.63, 3.8) is 0 Å². The summed E-state index contributed by atoms with van der Waals surface area (Å²) >= 11 is 0. The number of hydrogen-bond donors (Lipinski definition) is 1. The highest BCUT2D eigenvalue weighted by molar-refractivity contribution is 5.97. The summed E-state index contributed by atoms with van der Waals surface area (Å²) in [6.45, 7) is 4.00. The number of esters is 1. The van der Waals surface area contributed by atoms with Gasteiger partial charge in [0.25, 0.3) is 5.91 Å². The summed E-state index contributed by atoms with van der Waals surface area (Å²) in [5.41, 5.74) is -0.433. The summed E-state index contributed by atoms with van der Waals surface area (Å²) in [5.74, 6) is -0.627. The Bertz CT molecular complexity index is 544. The van der Waals surface area contributed by atoms with Gasteiger partial charge in [-0.05, 0) is 25.5 Å². The normalized spacial score (nSPS) is 13.0. The SMILES string of the molecule is CCCCCCCCCCCCC(C)(NC(=O)c1ccccc1)C(=O)OC. The fourth-order valence-corrected chi connectivity index (χ4v) is 3.32. The molecule has 0 aliphatic rings. The summed E-state index contributed by atoms with van der Waals surface area (Å²) in [7, 11) is 1.37. The van der Waals surface area contributed by atoms with E-state index < -0.39 is 5.54 Å². The van der Waals surface area contributed by atoms with E-state index in [1.54, 1.807) is 19.1 Å². The van der Waals surface area contributed by atoms with Gasteiger partial charge in [0.2, 0.25) is 0 Å². The van der Waals surface area contributed by atoms with Crippen molar-refractivity contribution in [2.45, 2.75) is 90.0 Å². The van der Waals surface area contributed by atoms with Crippen molar-refractivity contribution in [2.75, 3.05) is 7.11 Å². The van der Waals surface area contributed by atoms with Gasteiger partial charge in [-0.15, -0.1) is 0 Å². The smallest absolute Gasteiger partial charge is 0.331 e. The van der Waals surface area contributed by atoms with Crippen molar-refractivity contribution in [1.29, 1.82) is 0 Å². The summed E-state index contributed by atoms with van der Waals surface area (Å²) in [4.78, 5) is 24.7. The van der Waals surface area contributed by atoms with Gasteiger partial charge in [-0.2, -0.15) is 0 Å². The topological polar surface area (TPSA) is 55.4 Å². The number of amides is 1. The van der Waals surface area contributed by atoms with Gasteiger partial charge in [-0.25, -0.2) is 4.79 Å². The van der Waals surface area contributed by atoms with E-state index in [2.05, 4.69) is 12.2 Å². The Morgan fingerprint density at radius 1 is 0.889 bits per heavy atom. The Morgan fingerprint density at radius 2 is 1.41 bits per heavy atom. The summed E-state index contributed by atoms with van der Waals surface area (Å²) in [6.07, 6.45) is 13.0. The largest absolute Gasteiger partial charge is 0.467 e. The van der Waals surface area contributed by atoms with Crippen LogP contribution in [-0.4, -0.2) is 24.5 Å². The molecule has 1 rings (SSSR count). The minimum Gasteiger partial charge on any atom is -0.467 e. The first-order chi connectivity index (χ1) is 13.0. The van der Waals surface area contributed by atoms with Crippen LogP contribution in [0.4, 0.5) is 0 Å². The van der Waals surface area contributed by atoms with Gasteiger partial charge in [-0.3, -0.25) is 4.79 Å². The number of carbonyl (C=O) groups excluding carboxylic acids is 2. The van der Waals surface area contributed by atoms with Gasteiger partial charge in [0.1, 0.15) is 5.54 Å². The number of carbonyl (C=O) groups is 2. The van der Waals surface area contributed by atoms with E-state index in [0.29, 0.717) is 12.0 Å². The van der Waals surface area contributed by atoms with Crippen LogP contribution in [0.2, 0.25) is 0 Å². The molecule has 0 saturated carbocycles. The zero-order chi connectivity index (χ0) is 20.0. The molecule has 1 unspecified atom stereocenters. The lowest BCUT2D eigenvalue weighted by atomic mass is 9.93. The molecule has 4 heteroatoms. The number of nitrogens with one attached hydrogen (secondary N) is 1. The Labute approximate surface area is 165 Å². The fraction of sp³-hybridized carbons (Fsp3) is 0.652. The van der Waals surface area contributed by atoms with E-state index >= 15 is 0 Å². The Balaban J connectivity index is 2.35. The molecule has 152 valence electrons. The minimum absolute atomic E-state index is 0.240. The molecule has 0 heterocycles. The van der Waals surface area contributed by atoms with Crippen LogP contribution in [0, 0.1) is 0 Å². The fourth-order valence-electron chi connectivity index (χ4n) is 3.32. The highest BCUT2D eigenvalue weighted by atomic mass is 16.5. The van der Waals surface area contributed by atoms with Gasteiger partial charge in [0.05, 0.1) is 7.11 Å². The van der Waals surface area contributed by atoms with E-state index in [1.165, 1.54) is 58.5 Å². The van der Waals surface area contributed by atoms with Gasteiger partial charge >= 0.3 is 5.97 Å². The van der Waals surface area contributed by atoms with Crippen LogP contribution >= 0.6 is 0 Å². The van der Waals surface area contributed by atoms with E-state index in [-0.39, 0.29) is 11.9 Å². The summed E-state index contributed by atoms with van der Waals surface area (Å²) in [5, 5.41) is 2.88. The molecule has 0 fully saturated rings. The second-order valence-electron chi connectivity index (χ2n) is 7.58. The second-order valence-corrected chi connectivity index (χ2v) is 7.58. The van der Waals surface area contributed by atoms with Crippen molar-refractivity contribution in [1.82, 2.24) is 5.32 Å². The van der Waals surface area contributed by atoms with E-state index in [0.717, 1.165) is 12.8 Å². The molecule has 0 aliphatic carbocycles. The molecular weight excluding hydrogens is 338 g/mol. The first-order valence-corrected chi connectivity index (χ1v) is 10.5. The van der Waals surface area contributed by atoms with Crippen LogP contribution in [0.3, 0.4) is 0 Å². The third-order valence-corrected chi connectivity index (χ3v) is 5.09. The third-order valence-electron chi connectivity index (χ3n) is 5.09. The maximum Gasteiger partial charge on any atom is 0.331 e. The molecule has 1 atom stereocenters. The van der Waals surface area contributed by atoms with Crippen molar-refractivity contribution in [2.24, 2.45) is 0 Å². The summed E-state index contributed by atoms with van der Waals surface area (Å²) < 4.78 is 4.94. The van der Waals surface area contributed by atoms with Crippen LogP contribution in [-0.2, 0) is 9.53 Å². The number of ether oxygens (including phenoxy) is 1. The van der Waals surface area contributed by atoms with Crippen molar-refractivity contribution >= 4 is 11.9 Å². The van der Waals surface area contributed by atoms with Crippen molar-refractivity contribution in [3.05, 3.63) is 35.9 Å². The molecule has 1 aromatic rings. The lowest BCUT2D eigenvalue weighted by Gasteiger charge is -2.28. The van der Waals surface area contributed by atoms with Crippen molar-refractivity contribution < 1.29 is 14.3 Å². The Kier molecular flexibility index (Phi) is 11.5. The maximum absolute atomic E-state index is 12.4. The summed E-state index contributed by atoms with van der Waals surface area (Å²) in [6, 6.07) is 8.97. The average molecular weight is 376 g/mol. The molecule has 27 heavy (non-hydrogen) atoms. The van der Waals surface area contributed by atoms with E-state index in [1.807, 2.05) is 18.2 Å². The van der Waals surface area contributed by atoms with E-state index in [9.17, 15) is 9.59 Å². The number of rotatable bonds is 14. The van der Waals surface area contributed by atoms with Gasteiger partial charge in [-0.1, -0.05) is 89.3 Å². The molecule has 1 amide bonds. The molecule has 0 aliphatic heterocycles. The van der Waals surface area contributed by atoms with Gasteiger partial charge < -0.3 is 10.1 Å². The monoisotopic (exact) mass is 375 g/mol. The molecule has 0 spiro atoms. The average Bonchev–Trinajstić information content (AvgIpc) is 2.69. The molecule has 1 aromatic carbocycles. The zero-order valence-corrected chi connectivity index (χ0v) is 17.4. The van der Waals surface area contributed by atoms with Gasteiger partial charge in [0.15, 0.2) is 0 Å². The highest BCUT2D eigenvalue weighted by Crippen LogP contribution is 2.19. The quantitative estimate of drug-likeness (QED) is 0.337. The Hall–Kier alpha value is -1.84. The Morgan fingerprint density at radius 3 is 1.93 bits per heavy atom. The molecule has 0 saturated heterocycles. The minimum atomic E-state index is -0.984. The van der Waals surface area contributed by atoms with Crippen LogP contribution in [0.1, 0.15) is 94.8 Å². The number of benzene rings is 1. The third kappa shape index (κ3) is 9.07. The zero-order valence-electron chi connectivity index (χ0n) is 17.4. The number of unbranched alkanes of at least 4 members (excludes halogenated alkanes) is 9. The molecule has 1 N–H and O–H groups in total. The van der Waals surface area contributed by atoms with E-state index in [4.69, 9.17) is 4.74 Å². The van der Waals surface area contributed by atoms with Crippen LogP contribution in [0.25, 0.3) is 0 Å². The highest BCUT2D eigenvalue weighted by Gasteiger charge is 2.35. The van der Waals surface area contributed by atoms with Crippen LogP contribution < -0.4 is 5.32 Å². The molecule has 0 bridgehead atoms. The number of hydrogen-bond acceptors (Lipinski definition) is 3. The molecule has 0 aromatic heterocycles. The predicted molar refractivity (Wildman–Crippen MR) is 111 cm³/mol. The lowest BCUT2D eigenvalue weighted by molar-refractivity contribution is -0.147. The molecule has 4 nitrogen and oxygen atoms in total. The first-order valence-electron chi connectivity index (χ1n) is 10.5. The molecular formula is C23H37NO3. The van der Waals surface area contributed by atoms with Crippen molar-refractivity contribution in [3.8, 4) is 0 Å². The van der Waals surface area contributed by atoms with Crippen LogP contribution in [0.15, 0.2) is 30.3 Å². The van der Waals surface area contributed by atoms with Gasteiger partial charge in [0, 0.05) is 5.56 Å². The lowest BCUT2D eigenvalue weighted by Crippen LogP contribution is -2.52. The second kappa shape index (κ2) is 13.3. The predicted octanol–water partition coefficient (Wildman–Crippen LogP) is 5.66. The first kappa shape index (κ1) is 23.2.